The number of rotatable bonds is 5. The molecular formula is C19H24N2O3S. The van der Waals surface area contributed by atoms with Crippen molar-refractivity contribution in [1.29, 1.82) is 0 Å². The number of aryl methyl sites for hydroxylation is 1. The number of hydrogen-bond acceptors (Lipinski definition) is 4. The number of nitrogens with one attached hydrogen (secondary N) is 1. The quantitative estimate of drug-likeness (QED) is 0.890. The molecule has 1 aliphatic rings. The second-order valence-electron chi connectivity index (χ2n) is 6.26. The topological polar surface area (TPSA) is 58.6 Å². The lowest BCUT2D eigenvalue weighted by Crippen LogP contribution is -2.49. The summed E-state index contributed by atoms with van der Waals surface area (Å²) in [7, 11) is -1.83. The molecule has 0 radical (unpaired) electrons. The second kappa shape index (κ2) is 7.56. The molecule has 1 N–H and O–H groups in total. The monoisotopic (exact) mass is 360 g/mol. The van der Waals surface area contributed by atoms with Crippen LogP contribution in [0.2, 0.25) is 0 Å². The molecule has 0 bridgehead atoms. The first-order valence-electron chi connectivity index (χ1n) is 8.40. The summed E-state index contributed by atoms with van der Waals surface area (Å²) in [6.45, 7) is 3.63. The van der Waals surface area contributed by atoms with E-state index in [1.54, 1.807) is 11.4 Å². The van der Waals surface area contributed by atoms with Gasteiger partial charge in [0.15, 0.2) is 0 Å². The van der Waals surface area contributed by atoms with Gasteiger partial charge < -0.3 is 10.1 Å². The molecule has 1 unspecified atom stereocenters. The predicted octanol–water partition coefficient (Wildman–Crippen LogP) is 2.48. The highest BCUT2D eigenvalue weighted by atomic mass is 32.2. The SMILES string of the molecule is COc1ccccc1C1CNCCN1S(=O)(=O)Cc1ccccc1C. The summed E-state index contributed by atoms with van der Waals surface area (Å²) in [5.74, 6) is 0.734. The third kappa shape index (κ3) is 3.86. The summed E-state index contributed by atoms with van der Waals surface area (Å²) < 4.78 is 33.4. The molecule has 0 spiro atoms. The Morgan fingerprint density at radius 1 is 1.16 bits per heavy atom. The Labute approximate surface area is 149 Å². The van der Waals surface area contributed by atoms with Crippen molar-refractivity contribution < 1.29 is 13.2 Å². The Morgan fingerprint density at radius 3 is 2.64 bits per heavy atom. The van der Waals surface area contributed by atoms with E-state index in [2.05, 4.69) is 5.32 Å². The van der Waals surface area contributed by atoms with Gasteiger partial charge in [-0.2, -0.15) is 4.31 Å². The van der Waals surface area contributed by atoms with Gasteiger partial charge >= 0.3 is 0 Å². The van der Waals surface area contributed by atoms with Crippen LogP contribution in [0.4, 0.5) is 0 Å². The molecule has 0 saturated carbocycles. The minimum atomic E-state index is -3.44. The van der Waals surface area contributed by atoms with E-state index in [1.165, 1.54) is 0 Å². The summed E-state index contributed by atoms with van der Waals surface area (Å²) in [6, 6.07) is 15.0. The van der Waals surface area contributed by atoms with E-state index >= 15 is 0 Å². The van der Waals surface area contributed by atoms with Crippen LogP contribution in [0.3, 0.4) is 0 Å². The fourth-order valence-corrected chi connectivity index (χ4v) is 5.10. The zero-order valence-electron chi connectivity index (χ0n) is 14.6. The van der Waals surface area contributed by atoms with Crippen molar-refractivity contribution in [3.05, 3.63) is 65.2 Å². The lowest BCUT2D eigenvalue weighted by molar-refractivity contribution is 0.264. The Hall–Kier alpha value is -1.89. The first-order chi connectivity index (χ1) is 12.0. The van der Waals surface area contributed by atoms with Crippen LogP contribution in [0.15, 0.2) is 48.5 Å². The van der Waals surface area contributed by atoms with Crippen LogP contribution in [0, 0.1) is 6.92 Å². The highest BCUT2D eigenvalue weighted by Gasteiger charge is 2.34. The molecule has 2 aromatic carbocycles. The van der Waals surface area contributed by atoms with Crippen LogP contribution >= 0.6 is 0 Å². The van der Waals surface area contributed by atoms with Gasteiger partial charge in [-0.15, -0.1) is 0 Å². The van der Waals surface area contributed by atoms with E-state index < -0.39 is 10.0 Å². The Kier molecular flexibility index (Phi) is 5.42. The molecule has 0 aromatic heterocycles. The molecule has 25 heavy (non-hydrogen) atoms. The fraction of sp³-hybridized carbons (Fsp3) is 0.368. The van der Waals surface area contributed by atoms with Crippen molar-refractivity contribution in [1.82, 2.24) is 9.62 Å². The van der Waals surface area contributed by atoms with Gasteiger partial charge in [0, 0.05) is 25.2 Å². The number of para-hydroxylation sites is 1. The van der Waals surface area contributed by atoms with E-state index in [9.17, 15) is 8.42 Å². The molecule has 1 heterocycles. The van der Waals surface area contributed by atoms with Crippen LogP contribution < -0.4 is 10.1 Å². The van der Waals surface area contributed by atoms with Gasteiger partial charge in [-0.05, 0) is 24.1 Å². The molecule has 6 heteroatoms. The lowest BCUT2D eigenvalue weighted by Gasteiger charge is -2.36. The maximum absolute atomic E-state index is 13.1. The fourth-order valence-electron chi connectivity index (χ4n) is 3.28. The van der Waals surface area contributed by atoms with Crippen molar-refractivity contribution in [2.75, 3.05) is 26.7 Å². The van der Waals surface area contributed by atoms with Gasteiger partial charge in [0.1, 0.15) is 5.75 Å². The summed E-state index contributed by atoms with van der Waals surface area (Å²) >= 11 is 0. The number of ether oxygens (including phenoxy) is 1. The smallest absolute Gasteiger partial charge is 0.218 e. The standard InChI is InChI=1S/C19H24N2O3S/c1-15-7-3-4-8-16(15)14-25(22,23)21-12-11-20-13-18(21)17-9-5-6-10-19(17)24-2/h3-10,18,20H,11-14H2,1-2H3. The molecule has 1 fully saturated rings. The van der Waals surface area contributed by atoms with Crippen LogP contribution in [0.5, 0.6) is 5.75 Å². The average molecular weight is 360 g/mol. The molecule has 1 atom stereocenters. The second-order valence-corrected chi connectivity index (χ2v) is 8.18. The first-order valence-corrected chi connectivity index (χ1v) is 10.0. The molecule has 0 amide bonds. The van der Waals surface area contributed by atoms with Crippen molar-refractivity contribution in [2.45, 2.75) is 18.7 Å². The predicted molar refractivity (Wildman–Crippen MR) is 99.1 cm³/mol. The zero-order valence-corrected chi connectivity index (χ0v) is 15.4. The molecule has 0 aliphatic carbocycles. The molecule has 1 saturated heterocycles. The Balaban J connectivity index is 1.94. The molecule has 3 rings (SSSR count). The van der Waals surface area contributed by atoms with Crippen molar-refractivity contribution >= 4 is 10.0 Å². The van der Waals surface area contributed by atoms with Crippen LogP contribution in [-0.2, 0) is 15.8 Å². The number of nitrogens with zero attached hydrogens (tertiary/aromatic N) is 1. The number of sulfonamides is 1. The maximum atomic E-state index is 13.1. The molecule has 134 valence electrons. The van der Waals surface area contributed by atoms with Crippen LogP contribution in [0.1, 0.15) is 22.7 Å². The van der Waals surface area contributed by atoms with Gasteiger partial charge in [-0.1, -0.05) is 42.5 Å². The van der Waals surface area contributed by atoms with Crippen LogP contribution in [0.25, 0.3) is 0 Å². The molecule has 1 aliphatic heterocycles. The van der Waals surface area contributed by atoms with Gasteiger partial charge in [-0.25, -0.2) is 8.42 Å². The Bertz CT molecular complexity index is 836. The lowest BCUT2D eigenvalue weighted by atomic mass is 10.0. The highest BCUT2D eigenvalue weighted by molar-refractivity contribution is 7.88. The van der Waals surface area contributed by atoms with E-state index in [4.69, 9.17) is 4.74 Å². The van der Waals surface area contributed by atoms with Gasteiger partial charge in [0.2, 0.25) is 10.0 Å². The third-order valence-corrected chi connectivity index (χ3v) is 6.48. The summed E-state index contributed by atoms with van der Waals surface area (Å²) in [5.41, 5.74) is 2.74. The highest BCUT2D eigenvalue weighted by Crippen LogP contribution is 2.32. The van der Waals surface area contributed by atoms with E-state index in [1.807, 2.05) is 55.5 Å². The summed E-state index contributed by atoms with van der Waals surface area (Å²) in [5, 5.41) is 3.30. The molecule has 5 nitrogen and oxygen atoms in total. The Morgan fingerprint density at radius 2 is 1.88 bits per heavy atom. The maximum Gasteiger partial charge on any atom is 0.218 e. The van der Waals surface area contributed by atoms with Crippen LogP contribution in [-0.4, -0.2) is 39.5 Å². The van der Waals surface area contributed by atoms with E-state index in [0.717, 1.165) is 16.7 Å². The molecular weight excluding hydrogens is 336 g/mol. The number of methoxy groups -OCH3 is 1. The average Bonchev–Trinajstić information content (AvgIpc) is 2.63. The van der Waals surface area contributed by atoms with Crippen molar-refractivity contribution in [3.63, 3.8) is 0 Å². The minimum absolute atomic E-state index is 0.0192. The number of benzene rings is 2. The summed E-state index contributed by atoms with van der Waals surface area (Å²) in [6.07, 6.45) is 0. The van der Waals surface area contributed by atoms with Gasteiger partial charge in [-0.3, -0.25) is 0 Å². The zero-order chi connectivity index (χ0) is 17.9. The van der Waals surface area contributed by atoms with E-state index in [-0.39, 0.29) is 11.8 Å². The molecule has 2 aromatic rings. The minimum Gasteiger partial charge on any atom is -0.496 e. The normalized spacial score (nSPS) is 18.9. The number of piperazine rings is 1. The van der Waals surface area contributed by atoms with Crippen molar-refractivity contribution in [3.8, 4) is 5.75 Å². The van der Waals surface area contributed by atoms with Gasteiger partial charge in [0.25, 0.3) is 0 Å². The van der Waals surface area contributed by atoms with E-state index in [0.29, 0.717) is 25.4 Å². The van der Waals surface area contributed by atoms with Gasteiger partial charge in [0.05, 0.1) is 18.9 Å². The number of hydrogen-bond donors (Lipinski definition) is 1. The van der Waals surface area contributed by atoms with Crippen molar-refractivity contribution in [2.24, 2.45) is 0 Å². The largest absolute Gasteiger partial charge is 0.496 e. The first kappa shape index (κ1) is 17.9. The third-order valence-electron chi connectivity index (χ3n) is 4.65. The summed E-state index contributed by atoms with van der Waals surface area (Å²) in [4.78, 5) is 0.